The molecule has 5 nitrogen and oxygen atoms in total. The second kappa shape index (κ2) is 6.06. The van der Waals surface area contributed by atoms with Crippen LogP contribution in [0.4, 0.5) is 0 Å². The molecule has 0 bridgehead atoms. The molecule has 0 saturated heterocycles. The van der Waals surface area contributed by atoms with E-state index in [9.17, 15) is 9.59 Å². The monoisotopic (exact) mass is 274 g/mol. The number of hydrogen-bond acceptors (Lipinski definition) is 4. The third-order valence-electron chi connectivity index (χ3n) is 2.61. The number of carbonyl (C=O) groups is 2. The lowest BCUT2D eigenvalue weighted by atomic mass is 10.1. The van der Waals surface area contributed by atoms with Crippen LogP contribution in [0.5, 0.6) is 5.75 Å². The number of carboxylic acid groups (broad SMARTS) is 1. The van der Waals surface area contributed by atoms with Crippen molar-refractivity contribution in [2.45, 2.75) is 13.3 Å². The van der Waals surface area contributed by atoms with Gasteiger partial charge in [-0.2, -0.15) is 0 Å². The summed E-state index contributed by atoms with van der Waals surface area (Å²) in [6.07, 6.45) is 0.873. The minimum Gasteiger partial charge on any atom is -0.494 e. The van der Waals surface area contributed by atoms with Crippen molar-refractivity contribution in [3.8, 4) is 5.75 Å². The van der Waals surface area contributed by atoms with Crippen LogP contribution in [0.3, 0.4) is 0 Å². The zero-order chi connectivity index (χ0) is 14.5. The molecule has 2 rings (SSSR count). The summed E-state index contributed by atoms with van der Waals surface area (Å²) in [5, 5.41) is 8.77. The van der Waals surface area contributed by atoms with Crippen molar-refractivity contribution < 1.29 is 23.8 Å². The highest BCUT2D eigenvalue weighted by atomic mass is 16.5. The molecule has 0 unspecified atom stereocenters. The maximum absolute atomic E-state index is 12.2. The minimum absolute atomic E-state index is 0.00459. The average Bonchev–Trinajstić information content (AvgIpc) is 2.94. The number of rotatable bonds is 6. The molecule has 104 valence electrons. The Labute approximate surface area is 115 Å². The fraction of sp³-hybridized carbons (Fsp3) is 0.200. The zero-order valence-electron chi connectivity index (χ0n) is 11.0. The quantitative estimate of drug-likeness (QED) is 0.819. The van der Waals surface area contributed by atoms with Crippen molar-refractivity contribution in [1.82, 2.24) is 0 Å². The van der Waals surface area contributed by atoms with E-state index in [1.54, 1.807) is 24.3 Å². The van der Waals surface area contributed by atoms with Gasteiger partial charge in [-0.05, 0) is 30.7 Å². The second-order valence-electron chi connectivity index (χ2n) is 4.17. The summed E-state index contributed by atoms with van der Waals surface area (Å²) in [5.41, 5.74) is 0.393. The molecule has 0 fully saturated rings. The number of hydrogen-bond donors (Lipinski definition) is 1. The topological polar surface area (TPSA) is 76.7 Å². The third kappa shape index (κ3) is 3.06. The molecule has 0 aliphatic heterocycles. The van der Waals surface area contributed by atoms with E-state index in [0.717, 1.165) is 6.42 Å². The molecule has 1 heterocycles. The van der Waals surface area contributed by atoms with Gasteiger partial charge in [-0.15, -0.1) is 0 Å². The van der Waals surface area contributed by atoms with Crippen molar-refractivity contribution in [1.29, 1.82) is 0 Å². The standard InChI is InChI=1S/C15H14O5/c1-2-8-19-11-5-3-4-10(9-11)14(16)12-6-7-13(20-12)15(17)18/h3-7,9H,2,8H2,1H3,(H,17,18). The predicted molar refractivity (Wildman–Crippen MR) is 71.3 cm³/mol. The molecule has 20 heavy (non-hydrogen) atoms. The summed E-state index contributed by atoms with van der Waals surface area (Å²) < 4.78 is 10.4. The summed E-state index contributed by atoms with van der Waals surface area (Å²) >= 11 is 0. The number of ketones is 1. The third-order valence-corrected chi connectivity index (χ3v) is 2.61. The molecule has 0 aliphatic rings. The SMILES string of the molecule is CCCOc1cccc(C(=O)c2ccc(C(=O)O)o2)c1. The van der Waals surface area contributed by atoms with Gasteiger partial charge >= 0.3 is 5.97 Å². The first-order valence-corrected chi connectivity index (χ1v) is 6.22. The van der Waals surface area contributed by atoms with Crippen LogP contribution in [0.15, 0.2) is 40.8 Å². The summed E-state index contributed by atoms with van der Waals surface area (Å²) in [6.45, 7) is 2.56. The molecular weight excluding hydrogens is 260 g/mol. The van der Waals surface area contributed by atoms with Crippen LogP contribution in [0.2, 0.25) is 0 Å². The summed E-state index contributed by atoms with van der Waals surface area (Å²) in [4.78, 5) is 22.9. The predicted octanol–water partition coefficient (Wildman–Crippen LogP) is 3.00. The fourth-order valence-corrected chi connectivity index (χ4v) is 1.66. The van der Waals surface area contributed by atoms with Gasteiger partial charge in [-0.25, -0.2) is 4.79 Å². The highest BCUT2D eigenvalue weighted by Crippen LogP contribution is 2.18. The van der Waals surface area contributed by atoms with E-state index in [0.29, 0.717) is 17.9 Å². The van der Waals surface area contributed by atoms with E-state index in [4.69, 9.17) is 14.3 Å². The number of carboxylic acids is 1. The van der Waals surface area contributed by atoms with E-state index < -0.39 is 5.97 Å². The summed E-state index contributed by atoms with van der Waals surface area (Å²) in [7, 11) is 0. The average molecular weight is 274 g/mol. The van der Waals surface area contributed by atoms with Crippen LogP contribution >= 0.6 is 0 Å². The molecule has 5 heteroatoms. The number of carbonyl (C=O) groups excluding carboxylic acids is 1. The Balaban J connectivity index is 2.21. The smallest absolute Gasteiger partial charge is 0.371 e. The van der Waals surface area contributed by atoms with E-state index in [1.807, 2.05) is 6.92 Å². The Morgan fingerprint density at radius 2 is 1.95 bits per heavy atom. The van der Waals surface area contributed by atoms with Crippen LogP contribution < -0.4 is 4.74 Å². The number of ether oxygens (including phenoxy) is 1. The van der Waals surface area contributed by atoms with Crippen LogP contribution in [-0.2, 0) is 0 Å². The minimum atomic E-state index is -1.20. The zero-order valence-corrected chi connectivity index (χ0v) is 11.0. The van der Waals surface area contributed by atoms with Gasteiger partial charge in [0.05, 0.1) is 6.61 Å². The molecule has 0 saturated carbocycles. The largest absolute Gasteiger partial charge is 0.494 e. The van der Waals surface area contributed by atoms with Crippen molar-refractivity contribution in [2.24, 2.45) is 0 Å². The van der Waals surface area contributed by atoms with Crippen molar-refractivity contribution in [2.75, 3.05) is 6.61 Å². The normalized spacial score (nSPS) is 10.2. The molecule has 1 aromatic carbocycles. The molecular formula is C15H14O5. The van der Waals surface area contributed by atoms with Gasteiger partial charge < -0.3 is 14.3 Å². The Bertz CT molecular complexity index is 627. The maximum Gasteiger partial charge on any atom is 0.371 e. The van der Waals surface area contributed by atoms with E-state index in [-0.39, 0.29) is 17.3 Å². The maximum atomic E-state index is 12.2. The lowest BCUT2D eigenvalue weighted by molar-refractivity contribution is 0.0660. The second-order valence-corrected chi connectivity index (χ2v) is 4.17. The molecule has 1 N–H and O–H groups in total. The van der Waals surface area contributed by atoms with Gasteiger partial charge in [-0.1, -0.05) is 19.1 Å². The van der Waals surface area contributed by atoms with Gasteiger partial charge in [0.25, 0.3) is 0 Å². The number of aromatic carboxylic acids is 1. The Morgan fingerprint density at radius 3 is 2.60 bits per heavy atom. The van der Waals surface area contributed by atoms with Crippen molar-refractivity contribution >= 4 is 11.8 Å². The van der Waals surface area contributed by atoms with Crippen LogP contribution in [-0.4, -0.2) is 23.5 Å². The first kappa shape index (κ1) is 13.9. The molecule has 1 aromatic heterocycles. The lowest BCUT2D eigenvalue weighted by Crippen LogP contribution is -2.02. The van der Waals surface area contributed by atoms with Crippen LogP contribution in [0.25, 0.3) is 0 Å². The van der Waals surface area contributed by atoms with Crippen molar-refractivity contribution in [3.05, 3.63) is 53.5 Å². The summed E-state index contributed by atoms with van der Waals surface area (Å²) in [5.74, 6) is -1.24. The Morgan fingerprint density at radius 1 is 1.20 bits per heavy atom. The highest BCUT2D eigenvalue weighted by Gasteiger charge is 2.16. The van der Waals surface area contributed by atoms with E-state index >= 15 is 0 Å². The number of furan rings is 1. The fourth-order valence-electron chi connectivity index (χ4n) is 1.66. The molecule has 0 amide bonds. The van der Waals surface area contributed by atoms with Crippen molar-refractivity contribution in [3.63, 3.8) is 0 Å². The van der Waals surface area contributed by atoms with Crippen LogP contribution in [0.1, 0.15) is 40.0 Å². The van der Waals surface area contributed by atoms with Gasteiger partial charge in [-0.3, -0.25) is 4.79 Å². The highest BCUT2D eigenvalue weighted by molar-refractivity contribution is 6.07. The summed E-state index contributed by atoms with van der Waals surface area (Å²) in [6, 6.07) is 9.32. The molecule has 2 aromatic rings. The van der Waals surface area contributed by atoms with E-state index in [2.05, 4.69) is 0 Å². The van der Waals surface area contributed by atoms with E-state index in [1.165, 1.54) is 12.1 Å². The van der Waals surface area contributed by atoms with Gasteiger partial charge in [0.1, 0.15) is 5.75 Å². The molecule has 0 spiro atoms. The van der Waals surface area contributed by atoms with Gasteiger partial charge in [0.2, 0.25) is 11.5 Å². The first-order chi connectivity index (χ1) is 9.61. The molecule has 0 aliphatic carbocycles. The van der Waals surface area contributed by atoms with Crippen LogP contribution in [0, 0.1) is 0 Å². The Hall–Kier alpha value is -2.56. The van der Waals surface area contributed by atoms with Gasteiger partial charge in [0, 0.05) is 5.56 Å². The lowest BCUT2D eigenvalue weighted by Gasteiger charge is -2.05. The van der Waals surface area contributed by atoms with Gasteiger partial charge in [0.15, 0.2) is 5.76 Å². The first-order valence-electron chi connectivity index (χ1n) is 6.22. The molecule has 0 radical (unpaired) electrons. The Kier molecular flexibility index (Phi) is 4.20. The number of benzene rings is 1. The molecule has 0 atom stereocenters.